The molecular formula is C12H11NO3S. The molecular weight excluding hydrogens is 238 g/mol. The van der Waals surface area contributed by atoms with Crippen molar-refractivity contribution >= 4 is 20.7 Å². The first-order valence-electron chi connectivity index (χ1n) is 5.45. The van der Waals surface area contributed by atoms with Crippen LogP contribution >= 0.6 is 0 Å². The summed E-state index contributed by atoms with van der Waals surface area (Å²) in [4.78, 5) is 0.280. The zero-order valence-electron chi connectivity index (χ0n) is 9.04. The van der Waals surface area contributed by atoms with E-state index in [2.05, 4.69) is 0 Å². The third-order valence-electron chi connectivity index (χ3n) is 3.03. The second-order valence-corrected chi connectivity index (χ2v) is 6.46. The van der Waals surface area contributed by atoms with Gasteiger partial charge in [-0.05, 0) is 25.0 Å². The molecule has 0 amide bonds. The molecule has 1 aromatic heterocycles. The van der Waals surface area contributed by atoms with E-state index in [0.717, 1.165) is 12.8 Å². The van der Waals surface area contributed by atoms with Crippen molar-refractivity contribution in [2.45, 2.75) is 23.0 Å². The van der Waals surface area contributed by atoms with Crippen LogP contribution in [0.4, 0.5) is 0 Å². The molecule has 0 atom stereocenters. The fourth-order valence-corrected chi connectivity index (χ4v) is 3.86. The first kappa shape index (κ1) is 10.5. The Hall–Kier alpha value is -1.62. The Morgan fingerprint density at radius 2 is 1.94 bits per heavy atom. The van der Waals surface area contributed by atoms with E-state index in [9.17, 15) is 13.6 Å². The zero-order valence-corrected chi connectivity index (χ0v) is 9.85. The number of nitrogens with zero attached hydrogens (tertiary/aromatic N) is 1. The lowest BCUT2D eigenvalue weighted by molar-refractivity contribution is -0.577. The molecule has 2 aromatic rings. The molecule has 1 aliphatic rings. The summed E-state index contributed by atoms with van der Waals surface area (Å²) >= 11 is 0. The molecule has 0 bridgehead atoms. The Balaban J connectivity index is 2.34. The summed E-state index contributed by atoms with van der Waals surface area (Å²) in [5, 5.41) is 11.8. The van der Waals surface area contributed by atoms with E-state index in [1.54, 1.807) is 30.3 Å². The number of benzene rings is 1. The molecule has 4 nitrogen and oxygen atoms in total. The number of sulfone groups is 1. The van der Waals surface area contributed by atoms with Gasteiger partial charge in [-0.2, -0.15) is 4.73 Å². The van der Waals surface area contributed by atoms with Gasteiger partial charge in [0.1, 0.15) is 0 Å². The second kappa shape index (κ2) is 3.43. The molecule has 3 rings (SSSR count). The smallest absolute Gasteiger partial charge is 0.225 e. The van der Waals surface area contributed by atoms with E-state index >= 15 is 0 Å². The monoisotopic (exact) mass is 249 g/mol. The minimum Gasteiger partial charge on any atom is -0.618 e. The van der Waals surface area contributed by atoms with Crippen LogP contribution in [0.3, 0.4) is 0 Å². The maximum absolute atomic E-state index is 12.2. The van der Waals surface area contributed by atoms with E-state index in [1.807, 2.05) is 0 Å². The number of pyridine rings is 1. The number of aromatic nitrogens is 1. The Morgan fingerprint density at radius 3 is 2.65 bits per heavy atom. The highest BCUT2D eigenvalue weighted by atomic mass is 32.2. The van der Waals surface area contributed by atoms with Crippen LogP contribution in [0.5, 0.6) is 0 Å². The van der Waals surface area contributed by atoms with Crippen LogP contribution in [0, 0.1) is 5.21 Å². The summed E-state index contributed by atoms with van der Waals surface area (Å²) in [6, 6.07) is 8.08. The van der Waals surface area contributed by atoms with Crippen LogP contribution in [0.1, 0.15) is 12.8 Å². The molecule has 1 heterocycles. The van der Waals surface area contributed by atoms with Crippen LogP contribution < -0.4 is 4.73 Å². The molecule has 0 spiro atoms. The largest absolute Gasteiger partial charge is 0.618 e. The number of hydrogen-bond donors (Lipinski definition) is 0. The lowest BCUT2D eigenvalue weighted by atomic mass is 10.2. The Labute approximate surface area is 99.0 Å². The summed E-state index contributed by atoms with van der Waals surface area (Å²) in [6.07, 6.45) is 2.82. The minimum atomic E-state index is -3.26. The van der Waals surface area contributed by atoms with Gasteiger partial charge >= 0.3 is 0 Å². The molecule has 0 unspecified atom stereocenters. The van der Waals surface area contributed by atoms with Crippen molar-refractivity contribution in [1.82, 2.24) is 0 Å². The van der Waals surface area contributed by atoms with E-state index in [4.69, 9.17) is 0 Å². The fourth-order valence-electron chi connectivity index (χ4n) is 2.00. The molecule has 0 saturated heterocycles. The maximum Gasteiger partial charge on any atom is 0.225 e. The van der Waals surface area contributed by atoms with Gasteiger partial charge in [0.05, 0.1) is 15.5 Å². The summed E-state index contributed by atoms with van der Waals surface area (Å²) < 4.78 is 25.1. The van der Waals surface area contributed by atoms with Crippen molar-refractivity contribution in [3.8, 4) is 0 Å². The van der Waals surface area contributed by atoms with Gasteiger partial charge in [0.2, 0.25) is 5.52 Å². The topological polar surface area (TPSA) is 61.1 Å². The quantitative estimate of drug-likeness (QED) is 0.597. The fraction of sp³-hybridized carbons (Fsp3) is 0.250. The number of fused-ring (bicyclic) bond motifs is 1. The first-order valence-corrected chi connectivity index (χ1v) is 7.00. The molecule has 1 fully saturated rings. The van der Waals surface area contributed by atoms with Gasteiger partial charge in [0, 0.05) is 12.1 Å². The third kappa shape index (κ3) is 1.58. The molecule has 17 heavy (non-hydrogen) atoms. The maximum atomic E-state index is 12.2. The predicted octanol–water partition coefficient (Wildman–Crippen LogP) is 1.41. The van der Waals surface area contributed by atoms with Gasteiger partial charge < -0.3 is 5.21 Å². The minimum absolute atomic E-state index is 0.256. The molecule has 88 valence electrons. The van der Waals surface area contributed by atoms with Gasteiger partial charge in [0.25, 0.3) is 0 Å². The van der Waals surface area contributed by atoms with Crippen molar-refractivity contribution in [3.63, 3.8) is 0 Å². The van der Waals surface area contributed by atoms with Gasteiger partial charge in [-0.1, -0.05) is 6.07 Å². The van der Waals surface area contributed by atoms with Crippen molar-refractivity contribution in [2.75, 3.05) is 0 Å². The molecule has 0 N–H and O–H groups in total. The molecule has 0 radical (unpaired) electrons. The van der Waals surface area contributed by atoms with E-state index in [-0.39, 0.29) is 10.1 Å². The Morgan fingerprint density at radius 1 is 1.18 bits per heavy atom. The highest BCUT2D eigenvalue weighted by Gasteiger charge is 2.38. The first-order chi connectivity index (χ1) is 8.10. The lowest BCUT2D eigenvalue weighted by Gasteiger charge is -2.06. The molecule has 0 aliphatic heterocycles. The van der Waals surface area contributed by atoms with Gasteiger partial charge in [-0.25, -0.2) is 8.42 Å². The standard InChI is InChI=1S/C12H11NO3S/c14-13-8-2-3-10-11(13)4-1-5-12(10)17(15,16)9-6-7-9/h1-5,8-9H,6-7H2. The van der Waals surface area contributed by atoms with Gasteiger partial charge in [-0.15, -0.1) is 0 Å². The molecule has 1 aromatic carbocycles. The van der Waals surface area contributed by atoms with Crippen LogP contribution in [0.2, 0.25) is 0 Å². The number of rotatable bonds is 2. The third-order valence-corrected chi connectivity index (χ3v) is 5.35. The van der Waals surface area contributed by atoms with E-state index in [0.29, 0.717) is 15.6 Å². The van der Waals surface area contributed by atoms with Crippen LogP contribution in [0.25, 0.3) is 10.9 Å². The molecule has 5 heteroatoms. The van der Waals surface area contributed by atoms with Crippen molar-refractivity contribution in [2.24, 2.45) is 0 Å². The highest BCUT2D eigenvalue weighted by molar-refractivity contribution is 7.92. The zero-order chi connectivity index (χ0) is 12.0. The van der Waals surface area contributed by atoms with Crippen molar-refractivity contribution < 1.29 is 13.1 Å². The normalized spacial score (nSPS) is 16.2. The molecule has 1 aliphatic carbocycles. The Bertz CT molecular complexity index is 690. The predicted molar refractivity (Wildman–Crippen MR) is 63.1 cm³/mol. The second-order valence-electron chi connectivity index (χ2n) is 4.27. The van der Waals surface area contributed by atoms with Crippen LogP contribution in [-0.4, -0.2) is 13.7 Å². The average molecular weight is 249 g/mol. The summed E-state index contributed by atoms with van der Waals surface area (Å²) in [5.41, 5.74) is 0.397. The average Bonchev–Trinajstić information content (AvgIpc) is 3.13. The lowest BCUT2D eigenvalue weighted by Crippen LogP contribution is -2.26. The molecule has 1 saturated carbocycles. The van der Waals surface area contributed by atoms with Crippen LogP contribution in [-0.2, 0) is 9.84 Å². The highest BCUT2D eigenvalue weighted by Crippen LogP contribution is 2.35. The van der Waals surface area contributed by atoms with Crippen molar-refractivity contribution in [3.05, 3.63) is 41.7 Å². The van der Waals surface area contributed by atoms with Gasteiger partial charge in [-0.3, -0.25) is 0 Å². The van der Waals surface area contributed by atoms with E-state index in [1.165, 1.54) is 6.20 Å². The van der Waals surface area contributed by atoms with E-state index < -0.39 is 9.84 Å². The van der Waals surface area contributed by atoms with Crippen LogP contribution in [0.15, 0.2) is 41.4 Å². The van der Waals surface area contributed by atoms with Crippen molar-refractivity contribution in [1.29, 1.82) is 0 Å². The number of hydrogen-bond acceptors (Lipinski definition) is 3. The summed E-state index contributed by atoms with van der Waals surface area (Å²) in [6.45, 7) is 0. The van der Waals surface area contributed by atoms with Gasteiger partial charge in [0.15, 0.2) is 16.0 Å². The Kier molecular flexibility index (Phi) is 2.13. The summed E-state index contributed by atoms with van der Waals surface area (Å²) in [5.74, 6) is 0. The SMILES string of the molecule is O=S(=O)(c1cccc2c1ccc[n+]2[O-])C1CC1. The summed E-state index contributed by atoms with van der Waals surface area (Å²) in [7, 11) is -3.26.